The van der Waals surface area contributed by atoms with E-state index < -0.39 is 0 Å². The third-order valence-electron chi connectivity index (χ3n) is 3.85. The first kappa shape index (κ1) is 16.1. The summed E-state index contributed by atoms with van der Waals surface area (Å²) in [5, 5.41) is 4.08. The van der Waals surface area contributed by atoms with Crippen molar-refractivity contribution in [2.24, 2.45) is 0 Å². The minimum atomic E-state index is -0.195. The number of anilines is 1. The van der Waals surface area contributed by atoms with Gasteiger partial charge in [-0.1, -0.05) is 17.4 Å². The molecule has 0 saturated carbocycles. The summed E-state index contributed by atoms with van der Waals surface area (Å²) in [6.45, 7) is 11.2. The summed E-state index contributed by atoms with van der Waals surface area (Å²) in [7, 11) is 0. The van der Waals surface area contributed by atoms with Gasteiger partial charge in [-0.2, -0.15) is 0 Å². The molecule has 1 aromatic heterocycles. The van der Waals surface area contributed by atoms with E-state index in [1.165, 1.54) is 10.3 Å². The van der Waals surface area contributed by atoms with Gasteiger partial charge in [0.25, 0.3) is 0 Å². The van der Waals surface area contributed by atoms with Gasteiger partial charge < -0.3 is 15.1 Å². The minimum absolute atomic E-state index is 0.0251. The molecule has 6 heteroatoms. The van der Waals surface area contributed by atoms with E-state index in [2.05, 4.69) is 35.3 Å². The topological polar surface area (TPSA) is 48.5 Å². The van der Waals surface area contributed by atoms with Crippen molar-refractivity contribution < 1.29 is 4.79 Å². The van der Waals surface area contributed by atoms with Crippen LogP contribution >= 0.6 is 11.3 Å². The summed E-state index contributed by atoms with van der Waals surface area (Å²) in [6, 6.07) is 6.39. The van der Waals surface area contributed by atoms with Crippen LogP contribution in [-0.2, 0) is 0 Å². The first-order valence-electron chi connectivity index (χ1n) is 8.01. The standard InChI is InChI=1S/C17H24N4OS/c1-12-5-6-13-14(11-12)23-16(18-13)21-9-7-20(8-10-21)15(22)19-17(2,3)4/h5-6,11H,7-10H2,1-4H3,(H,19,22). The predicted octanol–water partition coefficient (Wildman–Crippen LogP) is 3.23. The average Bonchev–Trinajstić information content (AvgIpc) is 2.88. The summed E-state index contributed by atoms with van der Waals surface area (Å²) in [5.74, 6) is 0. The summed E-state index contributed by atoms with van der Waals surface area (Å²) >= 11 is 1.73. The van der Waals surface area contributed by atoms with Crippen LogP contribution in [0.15, 0.2) is 18.2 Å². The van der Waals surface area contributed by atoms with Crippen LogP contribution in [0.1, 0.15) is 26.3 Å². The van der Waals surface area contributed by atoms with Crippen molar-refractivity contribution in [3.63, 3.8) is 0 Å². The van der Waals surface area contributed by atoms with Gasteiger partial charge in [-0.15, -0.1) is 0 Å². The molecule has 2 heterocycles. The Balaban J connectivity index is 1.65. The van der Waals surface area contributed by atoms with Crippen LogP contribution < -0.4 is 10.2 Å². The molecule has 3 rings (SSSR count). The van der Waals surface area contributed by atoms with Gasteiger partial charge in [-0.3, -0.25) is 0 Å². The third kappa shape index (κ3) is 3.75. The lowest BCUT2D eigenvalue weighted by molar-refractivity contribution is 0.185. The highest BCUT2D eigenvalue weighted by molar-refractivity contribution is 7.22. The fourth-order valence-corrected chi connectivity index (χ4v) is 3.77. The number of aryl methyl sites for hydroxylation is 1. The monoisotopic (exact) mass is 332 g/mol. The van der Waals surface area contributed by atoms with Crippen LogP contribution in [0.4, 0.5) is 9.93 Å². The Hall–Kier alpha value is -1.82. The summed E-state index contributed by atoms with van der Waals surface area (Å²) in [5.41, 5.74) is 2.12. The van der Waals surface area contributed by atoms with Crippen LogP contribution in [0.3, 0.4) is 0 Å². The van der Waals surface area contributed by atoms with Crippen LogP contribution in [0.2, 0.25) is 0 Å². The molecule has 1 aliphatic rings. The second kappa shape index (κ2) is 6.00. The molecule has 1 fully saturated rings. The van der Waals surface area contributed by atoms with Gasteiger partial charge >= 0.3 is 6.03 Å². The zero-order chi connectivity index (χ0) is 16.6. The van der Waals surface area contributed by atoms with Gasteiger partial charge in [0.05, 0.1) is 10.2 Å². The molecule has 0 aliphatic carbocycles. The smallest absolute Gasteiger partial charge is 0.317 e. The summed E-state index contributed by atoms with van der Waals surface area (Å²) in [6.07, 6.45) is 0. The molecule has 0 spiro atoms. The molecule has 5 nitrogen and oxygen atoms in total. The maximum absolute atomic E-state index is 12.2. The molecule has 1 aromatic carbocycles. The van der Waals surface area contributed by atoms with Crippen LogP contribution in [0, 0.1) is 6.92 Å². The molecule has 23 heavy (non-hydrogen) atoms. The molecular weight excluding hydrogens is 308 g/mol. The second-order valence-corrected chi connectivity index (χ2v) is 8.13. The number of benzene rings is 1. The van der Waals surface area contributed by atoms with E-state index in [0.29, 0.717) is 0 Å². The Morgan fingerprint density at radius 1 is 1.22 bits per heavy atom. The molecule has 1 aliphatic heterocycles. The minimum Gasteiger partial charge on any atom is -0.345 e. The van der Waals surface area contributed by atoms with Crippen LogP contribution in [-0.4, -0.2) is 47.6 Å². The molecule has 0 bridgehead atoms. The number of amides is 2. The molecule has 2 aromatic rings. The molecule has 1 N–H and O–H groups in total. The molecule has 1 saturated heterocycles. The van der Waals surface area contributed by atoms with Gasteiger partial charge in [-0.25, -0.2) is 9.78 Å². The Morgan fingerprint density at radius 3 is 2.57 bits per heavy atom. The second-order valence-electron chi connectivity index (χ2n) is 7.12. The molecule has 124 valence electrons. The SMILES string of the molecule is Cc1ccc2nc(N3CCN(C(=O)NC(C)(C)C)CC3)sc2c1. The number of carbonyl (C=O) groups excluding carboxylic acids is 1. The van der Waals surface area contributed by atoms with Crippen molar-refractivity contribution in [2.75, 3.05) is 31.1 Å². The Morgan fingerprint density at radius 2 is 1.91 bits per heavy atom. The van der Waals surface area contributed by atoms with Gasteiger partial charge in [0.2, 0.25) is 0 Å². The Labute approximate surface area is 141 Å². The quantitative estimate of drug-likeness (QED) is 0.872. The van der Waals surface area contributed by atoms with E-state index in [1.54, 1.807) is 11.3 Å². The van der Waals surface area contributed by atoms with Crippen molar-refractivity contribution in [1.82, 2.24) is 15.2 Å². The maximum atomic E-state index is 12.2. The van der Waals surface area contributed by atoms with Gasteiger partial charge in [0, 0.05) is 31.7 Å². The maximum Gasteiger partial charge on any atom is 0.317 e. The molecular formula is C17H24N4OS. The van der Waals surface area contributed by atoms with Crippen molar-refractivity contribution in [3.05, 3.63) is 23.8 Å². The van der Waals surface area contributed by atoms with E-state index in [4.69, 9.17) is 4.98 Å². The van der Waals surface area contributed by atoms with E-state index >= 15 is 0 Å². The number of piperazine rings is 1. The van der Waals surface area contributed by atoms with Gasteiger partial charge in [-0.05, 0) is 45.4 Å². The fourth-order valence-electron chi connectivity index (χ4n) is 2.66. The zero-order valence-electron chi connectivity index (χ0n) is 14.2. The predicted molar refractivity (Wildman–Crippen MR) is 96.4 cm³/mol. The number of hydrogen-bond acceptors (Lipinski definition) is 4. The van der Waals surface area contributed by atoms with Crippen LogP contribution in [0.5, 0.6) is 0 Å². The van der Waals surface area contributed by atoms with Crippen molar-refractivity contribution >= 4 is 32.7 Å². The lowest BCUT2D eigenvalue weighted by atomic mass is 10.1. The van der Waals surface area contributed by atoms with E-state index in [-0.39, 0.29) is 11.6 Å². The number of aromatic nitrogens is 1. The first-order chi connectivity index (χ1) is 10.8. The molecule has 0 unspecified atom stereocenters. The van der Waals surface area contributed by atoms with Crippen molar-refractivity contribution in [1.29, 1.82) is 0 Å². The number of nitrogens with zero attached hydrogens (tertiary/aromatic N) is 3. The molecule has 0 radical (unpaired) electrons. The van der Waals surface area contributed by atoms with E-state index in [0.717, 1.165) is 36.8 Å². The number of carbonyl (C=O) groups is 1. The highest BCUT2D eigenvalue weighted by Crippen LogP contribution is 2.30. The number of nitrogens with one attached hydrogen (secondary N) is 1. The number of urea groups is 1. The zero-order valence-corrected chi connectivity index (χ0v) is 15.0. The summed E-state index contributed by atoms with van der Waals surface area (Å²) < 4.78 is 1.23. The third-order valence-corrected chi connectivity index (χ3v) is 4.93. The summed E-state index contributed by atoms with van der Waals surface area (Å²) in [4.78, 5) is 21.1. The highest BCUT2D eigenvalue weighted by atomic mass is 32.1. The van der Waals surface area contributed by atoms with E-state index in [9.17, 15) is 4.79 Å². The normalized spacial score (nSPS) is 16.0. The fraction of sp³-hybridized carbons (Fsp3) is 0.529. The number of rotatable bonds is 1. The number of hydrogen-bond donors (Lipinski definition) is 1. The van der Waals surface area contributed by atoms with Gasteiger partial charge in [0.15, 0.2) is 5.13 Å². The van der Waals surface area contributed by atoms with Gasteiger partial charge in [0.1, 0.15) is 0 Å². The van der Waals surface area contributed by atoms with E-state index in [1.807, 2.05) is 25.7 Å². The highest BCUT2D eigenvalue weighted by Gasteiger charge is 2.25. The lowest BCUT2D eigenvalue weighted by Crippen LogP contribution is -2.55. The number of thiazole rings is 1. The Kier molecular flexibility index (Phi) is 4.19. The first-order valence-corrected chi connectivity index (χ1v) is 8.83. The largest absolute Gasteiger partial charge is 0.345 e. The molecule has 2 amide bonds. The lowest BCUT2D eigenvalue weighted by Gasteiger charge is -2.36. The average molecular weight is 332 g/mol. The van der Waals surface area contributed by atoms with Crippen molar-refractivity contribution in [3.8, 4) is 0 Å². The Bertz CT molecular complexity index is 711. The number of fused-ring (bicyclic) bond motifs is 1. The van der Waals surface area contributed by atoms with Crippen LogP contribution in [0.25, 0.3) is 10.2 Å². The molecule has 0 atom stereocenters. The van der Waals surface area contributed by atoms with Crippen molar-refractivity contribution in [2.45, 2.75) is 33.2 Å².